The third-order valence-corrected chi connectivity index (χ3v) is 4.17. The fourth-order valence-corrected chi connectivity index (χ4v) is 2.89. The van der Waals surface area contributed by atoms with E-state index in [1.165, 1.54) is 0 Å². The number of rotatable bonds is 3. The zero-order chi connectivity index (χ0) is 16.4. The smallest absolute Gasteiger partial charge is 0.255 e. The van der Waals surface area contributed by atoms with E-state index >= 15 is 0 Å². The van der Waals surface area contributed by atoms with E-state index in [0.29, 0.717) is 18.5 Å². The molecule has 2 amide bonds. The quantitative estimate of drug-likeness (QED) is 0.942. The van der Waals surface area contributed by atoms with E-state index in [0.717, 1.165) is 28.9 Å². The SMILES string of the molecule is CCN1C(=O)CCc2cc(NC(=O)c3ccc(C)cc3)ccc21. The molecule has 0 saturated heterocycles. The lowest BCUT2D eigenvalue weighted by Gasteiger charge is -2.28. The van der Waals surface area contributed by atoms with Crippen molar-refractivity contribution >= 4 is 23.2 Å². The van der Waals surface area contributed by atoms with Gasteiger partial charge in [-0.25, -0.2) is 0 Å². The van der Waals surface area contributed by atoms with Gasteiger partial charge in [-0.2, -0.15) is 0 Å². The highest BCUT2D eigenvalue weighted by atomic mass is 16.2. The van der Waals surface area contributed by atoms with Crippen molar-refractivity contribution in [3.05, 3.63) is 59.2 Å². The number of amides is 2. The van der Waals surface area contributed by atoms with Crippen molar-refractivity contribution in [1.82, 2.24) is 0 Å². The van der Waals surface area contributed by atoms with Gasteiger partial charge in [0.15, 0.2) is 0 Å². The molecular formula is C19H20N2O2. The van der Waals surface area contributed by atoms with Crippen LogP contribution in [-0.4, -0.2) is 18.4 Å². The van der Waals surface area contributed by atoms with Crippen LogP contribution in [0.25, 0.3) is 0 Å². The number of anilines is 2. The normalized spacial score (nSPS) is 13.7. The lowest BCUT2D eigenvalue weighted by molar-refractivity contribution is -0.118. The van der Waals surface area contributed by atoms with Crippen molar-refractivity contribution < 1.29 is 9.59 Å². The van der Waals surface area contributed by atoms with Crippen LogP contribution in [0.5, 0.6) is 0 Å². The predicted octanol–water partition coefficient (Wildman–Crippen LogP) is 3.55. The van der Waals surface area contributed by atoms with Gasteiger partial charge < -0.3 is 10.2 Å². The predicted molar refractivity (Wildman–Crippen MR) is 91.9 cm³/mol. The molecule has 118 valence electrons. The first-order chi connectivity index (χ1) is 11.1. The van der Waals surface area contributed by atoms with Crippen LogP contribution >= 0.6 is 0 Å². The standard InChI is InChI=1S/C19H20N2O2/c1-3-21-17-10-9-16(12-15(17)8-11-18(21)22)20-19(23)14-6-4-13(2)5-7-14/h4-7,9-10,12H,3,8,11H2,1-2H3,(H,20,23). The van der Waals surface area contributed by atoms with Gasteiger partial charge in [-0.05, 0) is 56.2 Å². The van der Waals surface area contributed by atoms with Crippen molar-refractivity contribution in [2.45, 2.75) is 26.7 Å². The zero-order valence-corrected chi connectivity index (χ0v) is 13.4. The Labute approximate surface area is 136 Å². The third kappa shape index (κ3) is 3.11. The Kier molecular flexibility index (Phi) is 4.15. The number of fused-ring (bicyclic) bond motifs is 1. The molecule has 0 atom stereocenters. The summed E-state index contributed by atoms with van der Waals surface area (Å²) in [6, 6.07) is 13.2. The molecule has 0 unspecified atom stereocenters. The van der Waals surface area contributed by atoms with Crippen molar-refractivity contribution in [2.24, 2.45) is 0 Å². The Hall–Kier alpha value is -2.62. The van der Waals surface area contributed by atoms with Crippen LogP contribution in [0.3, 0.4) is 0 Å². The topological polar surface area (TPSA) is 49.4 Å². The van der Waals surface area contributed by atoms with E-state index in [-0.39, 0.29) is 11.8 Å². The fourth-order valence-electron chi connectivity index (χ4n) is 2.89. The summed E-state index contributed by atoms with van der Waals surface area (Å²) in [5.41, 5.74) is 4.59. The molecule has 1 aliphatic rings. The molecule has 0 radical (unpaired) electrons. The molecule has 1 heterocycles. The lowest BCUT2D eigenvalue weighted by Crippen LogP contribution is -2.34. The maximum absolute atomic E-state index is 12.3. The first kappa shape index (κ1) is 15.3. The van der Waals surface area contributed by atoms with E-state index in [1.807, 2.05) is 56.3 Å². The van der Waals surface area contributed by atoms with Crippen LogP contribution in [-0.2, 0) is 11.2 Å². The lowest BCUT2D eigenvalue weighted by atomic mass is 10.0. The Morgan fingerprint density at radius 2 is 1.87 bits per heavy atom. The molecule has 0 spiro atoms. The summed E-state index contributed by atoms with van der Waals surface area (Å²) in [7, 11) is 0. The highest BCUT2D eigenvalue weighted by Gasteiger charge is 2.22. The summed E-state index contributed by atoms with van der Waals surface area (Å²) in [4.78, 5) is 26.0. The summed E-state index contributed by atoms with van der Waals surface area (Å²) in [5, 5.41) is 2.93. The van der Waals surface area contributed by atoms with Crippen molar-refractivity contribution in [2.75, 3.05) is 16.8 Å². The number of hydrogen-bond acceptors (Lipinski definition) is 2. The molecule has 4 nitrogen and oxygen atoms in total. The van der Waals surface area contributed by atoms with Crippen molar-refractivity contribution in [1.29, 1.82) is 0 Å². The van der Waals surface area contributed by atoms with E-state index < -0.39 is 0 Å². The number of aryl methyl sites for hydroxylation is 2. The number of nitrogens with one attached hydrogen (secondary N) is 1. The minimum atomic E-state index is -0.121. The molecule has 0 saturated carbocycles. The van der Waals surface area contributed by atoms with Gasteiger partial charge in [-0.3, -0.25) is 9.59 Å². The third-order valence-electron chi connectivity index (χ3n) is 4.17. The number of benzene rings is 2. The first-order valence-corrected chi connectivity index (χ1v) is 7.90. The molecule has 1 aliphatic heterocycles. The molecule has 4 heteroatoms. The monoisotopic (exact) mass is 308 g/mol. The van der Waals surface area contributed by atoms with E-state index in [9.17, 15) is 9.59 Å². The average molecular weight is 308 g/mol. The fraction of sp³-hybridized carbons (Fsp3) is 0.263. The molecule has 2 aromatic rings. The van der Waals surface area contributed by atoms with E-state index in [1.54, 1.807) is 4.90 Å². The maximum atomic E-state index is 12.3. The minimum absolute atomic E-state index is 0.121. The average Bonchev–Trinajstić information content (AvgIpc) is 2.55. The number of hydrogen-bond donors (Lipinski definition) is 1. The summed E-state index contributed by atoms with van der Waals surface area (Å²) in [6.45, 7) is 4.63. The summed E-state index contributed by atoms with van der Waals surface area (Å²) in [5.74, 6) is 0.0422. The Morgan fingerprint density at radius 1 is 1.13 bits per heavy atom. The second-order valence-corrected chi connectivity index (χ2v) is 5.80. The highest BCUT2D eigenvalue weighted by molar-refractivity contribution is 6.04. The summed E-state index contributed by atoms with van der Waals surface area (Å²) in [6.07, 6.45) is 1.25. The van der Waals surface area contributed by atoms with E-state index in [2.05, 4.69) is 5.32 Å². The van der Waals surface area contributed by atoms with Gasteiger partial charge in [-0.1, -0.05) is 17.7 Å². The Bertz CT molecular complexity index is 750. The summed E-state index contributed by atoms with van der Waals surface area (Å²) < 4.78 is 0. The Morgan fingerprint density at radius 3 is 2.57 bits per heavy atom. The van der Waals surface area contributed by atoms with Gasteiger partial charge in [0.25, 0.3) is 5.91 Å². The van der Waals surface area contributed by atoms with Gasteiger partial charge in [0.05, 0.1) is 0 Å². The van der Waals surface area contributed by atoms with Crippen LogP contribution in [0, 0.1) is 6.92 Å². The van der Waals surface area contributed by atoms with Crippen molar-refractivity contribution in [3.63, 3.8) is 0 Å². The summed E-state index contributed by atoms with van der Waals surface area (Å²) >= 11 is 0. The van der Waals surface area contributed by atoms with Crippen LogP contribution < -0.4 is 10.2 Å². The molecule has 0 aromatic heterocycles. The highest BCUT2D eigenvalue weighted by Crippen LogP contribution is 2.30. The maximum Gasteiger partial charge on any atom is 0.255 e. The number of carbonyl (C=O) groups is 2. The van der Waals surface area contributed by atoms with Gasteiger partial charge in [-0.15, -0.1) is 0 Å². The number of carbonyl (C=O) groups excluding carboxylic acids is 2. The van der Waals surface area contributed by atoms with Crippen LogP contribution in [0.2, 0.25) is 0 Å². The molecule has 3 rings (SSSR count). The van der Waals surface area contributed by atoms with Gasteiger partial charge >= 0.3 is 0 Å². The van der Waals surface area contributed by atoms with Crippen LogP contribution in [0.4, 0.5) is 11.4 Å². The van der Waals surface area contributed by atoms with Gasteiger partial charge in [0, 0.05) is 29.9 Å². The molecule has 23 heavy (non-hydrogen) atoms. The molecule has 2 aromatic carbocycles. The zero-order valence-electron chi connectivity index (χ0n) is 13.4. The van der Waals surface area contributed by atoms with Crippen LogP contribution in [0.1, 0.15) is 34.8 Å². The second kappa shape index (κ2) is 6.24. The number of nitrogens with zero attached hydrogens (tertiary/aromatic N) is 1. The molecule has 0 aliphatic carbocycles. The van der Waals surface area contributed by atoms with Gasteiger partial charge in [0.1, 0.15) is 0 Å². The van der Waals surface area contributed by atoms with Crippen LogP contribution in [0.15, 0.2) is 42.5 Å². The largest absolute Gasteiger partial charge is 0.322 e. The Balaban J connectivity index is 1.81. The van der Waals surface area contributed by atoms with E-state index in [4.69, 9.17) is 0 Å². The molecule has 0 fully saturated rings. The second-order valence-electron chi connectivity index (χ2n) is 5.80. The minimum Gasteiger partial charge on any atom is -0.322 e. The molecular weight excluding hydrogens is 288 g/mol. The molecule has 1 N–H and O–H groups in total. The van der Waals surface area contributed by atoms with Gasteiger partial charge in [0.2, 0.25) is 5.91 Å². The van der Waals surface area contributed by atoms with Crippen molar-refractivity contribution in [3.8, 4) is 0 Å². The molecule has 0 bridgehead atoms. The first-order valence-electron chi connectivity index (χ1n) is 7.90.